The van der Waals surface area contributed by atoms with Crippen molar-refractivity contribution >= 4 is 0 Å². The number of hydrogen-bond donors (Lipinski definition) is 1. The predicted molar refractivity (Wildman–Crippen MR) is 59.8 cm³/mol. The fourth-order valence-electron chi connectivity index (χ4n) is 1.40. The highest BCUT2D eigenvalue weighted by Gasteiger charge is 2.14. The van der Waals surface area contributed by atoms with E-state index in [0.717, 1.165) is 13.0 Å². The molecule has 3 nitrogen and oxygen atoms in total. The zero-order chi connectivity index (χ0) is 11.0. The number of unbranched alkanes of at least 4 members (excludes halogenated alkanes) is 1. The minimum atomic E-state index is -0.346. The van der Waals surface area contributed by atoms with Gasteiger partial charge in [-0.25, -0.2) is 0 Å². The van der Waals surface area contributed by atoms with Crippen molar-refractivity contribution in [2.45, 2.75) is 52.1 Å². The molecule has 14 heavy (non-hydrogen) atoms. The summed E-state index contributed by atoms with van der Waals surface area (Å²) in [5.41, 5.74) is 5.64. The molecule has 0 bridgehead atoms. The van der Waals surface area contributed by atoms with Gasteiger partial charge in [0.05, 0.1) is 6.07 Å². The second kappa shape index (κ2) is 7.78. The molecule has 0 aromatic heterocycles. The van der Waals surface area contributed by atoms with Crippen LogP contribution in [0, 0.1) is 11.3 Å². The highest BCUT2D eigenvalue weighted by Crippen LogP contribution is 2.05. The smallest absolute Gasteiger partial charge is 0.106 e. The molecule has 0 aliphatic carbocycles. The monoisotopic (exact) mass is 197 g/mol. The first-order chi connectivity index (χ1) is 6.65. The van der Waals surface area contributed by atoms with Crippen molar-refractivity contribution in [3.63, 3.8) is 0 Å². The van der Waals surface area contributed by atoms with Gasteiger partial charge < -0.3 is 5.73 Å². The SMILES string of the molecule is CCCCN(CC(N)C#N)C(C)CC. The average Bonchev–Trinajstić information content (AvgIpc) is 2.22. The Bertz CT molecular complexity index is 174. The lowest BCUT2D eigenvalue weighted by molar-refractivity contribution is 0.198. The van der Waals surface area contributed by atoms with Crippen LogP contribution < -0.4 is 5.73 Å². The van der Waals surface area contributed by atoms with Gasteiger partial charge in [0, 0.05) is 12.6 Å². The normalized spacial score (nSPS) is 15.1. The number of nitrogens with zero attached hydrogens (tertiary/aromatic N) is 2. The minimum Gasteiger partial charge on any atom is -0.315 e. The number of hydrogen-bond acceptors (Lipinski definition) is 3. The van der Waals surface area contributed by atoms with Crippen LogP contribution in [0.5, 0.6) is 0 Å². The van der Waals surface area contributed by atoms with E-state index in [4.69, 9.17) is 11.0 Å². The van der Waals surface area contributed by atoms with Gasteiger partial charge in [-0.2, -0.15) is 5.26 Å². The van der Waals surface area contributed by atoms with Crippen molar-refractivity contribution in [2.24, 2.45) is 5.73 Å². The molecule has 2 unspecified atom stereocenters. The summed E-state index contributed by atoms with van der Waals surface area (Å²) >= 11 is 0. The van der Waals surface area contributed by atoms with Gasteiger partial charge in [0.15, 0.2) is 0 Å². The lowest BCUT2D eigenvalue weighted by Gasteiger charge is -2.28. The van der Waals surface area contributed by atoms with Crippen LogP contribution in [-0.2, 0) is 0 Å². The summed E-state index contributed by atoms with van der Waals surface area (Å²) in [6, 6.07) is 2.27. The maximum Gasteiger partial charge on any atom is 0.106 e. The Morgan fingerprint density at radius 1 is 1.43 bits per heavy atom. The lowest BCUT2D eigenvalue weighted by atomic mass is 10.1. The summed E-state index contributed by atoms with van der Waals surface area (Å²) in [6.07, 6.45) is 3.49. The zero-order valence-corrected chi connectivity index (χ0v) is 9.66. The van der Waals surface area contributed by atoms with Crippen molar-refractivity contribution in [1.29, 1.82) is 5.26 Å². The van der Waals surface area contributed by atoms with Crippen molar-refractivity contribution in [3.05, 3.63) is 0 Å². The fraction of sp³-hybridized carbons (Fsp3) is 0.909. The van der Waals surface area contributed by atoms with Gasteiger partial charge in [0.25, 0.3) is 0 Å². The maximum absolute atomic E-state index is 8.66. The molecule has 0 amide bonds. The molecular weight excluding hydrogens is 174 g/mol. The van der Waals surface area contributed by atoms with Crippen LogP contribution in [0.15, 0.2) is 0 Å². The topological polar surface area (TPSA) is 53.0 Å². The van der Waals surface area contributed by atoms with Crippen LogP contribution in [0.25, 0.3) is 0 Å². The molecule has 0 aliphatic rings. The van der Waals surface area contributed by atoms with E-state index < -0.39 is 0 Å². The standard InChI is InChI=1S/C11H23N3/c1-4-6-7-14(10(3)5-2)9-11(13)8-12/h10-11H,4-7,9,13H2,1-3H3. The van der Waals surface area contributed by atoms with Crippen LogP contribution in [0.2, 0.25) is 0 Å². The molecule has 0 fully saturated rings. The van der Waals surface area contributed by atoms with Gasteiger partial charge in [-0.1, -0.05) is 20.3 Å². The van der Waals surface area contributed by atoms with Gasteiger partial charge in [0.2, 0.25) is 0 Å². The average molecular weight is 197 g/mol. The van der Waals surface area contributed by atoms with Crippen molar-refractivity contribution < 1.29 is 0 Å². The molecule has 2 atom stereocenters. The first-order valence-electron chi connectivity index (χ1n) is 5.54. The zero-order valence-electron chi connectivity index (χ0n) is 9.66. The Morgan fingerprint density at radius 2 is 2.07 bits per heavy atom. The largest absolute Gasteiger partial charge is 0.315 e. The summed E-state index contributed by atoms with van der Waals surface area (Å²) in [6.45, 7) is 8.30. The van der Waals surface area contributed by atoms with E-state index in [1.54, 1.807) is 0 Å². The maximum atomic E-state index is 8.66. The Hall–Kier alpha value is -0.590. The molecule has 82 valence electrons. The highest BCUT2D eigenvalue weighted by molar-refractivity contribution is 4.89. The van der Waals surface area contributed by atoms with Gasteiger partial charge >= 0.3 is 0 Å². The molecule has 0 radical (unpaired) electrons. The fourth-order valence-corrected chi connectivity index (χ4v) is 1.40. The third-order valence-electron chi connectivity index (χ3n) is 2.61. The van der Waals surface area contributed by atoms with Crippen LogP contribution in [-0.4, -0.2) is 30.1 Å². The molecule has 0 saturated heterocycles. The van der Waals surface area contributed by atoms with E-state index in [2.05, 4.69) is 31.7 Å². The van der Waals surface area contributed by atoms with E-state index >= 15 is 0 Å². The third-order valence-corrected chi connectivity index (χ3v) is 2.61. The molecule has 0 heterocycles. The summed E-state index contributed by atoms with van der Waals surface area (Å²) in [5, 5.41) is 8.66. The van der Waals surface area contributed by atoms with Gasteiger partial charge in [-0.05, 0) is 26.3 Å². The Balaban J connectivity index is 4.04. The molecule has 3 heteroatoms. The molecule has 0 aromatic rings. The summed E-state index contributed by atoms with van der Waals surface area (Å²) in [7, 11) is 0. The number of rotatable bonds is 7. The first-order valence-corrected chi connectivity index (χ1v) is 5.54. The molecular formula is C11H23N3. The summed E-state index contributed by atoms with van der Waals surface area (Å²) < 4.78 is 0. The second-order valence-corrected chi connectivity index (χ2v) is 3.84. The van der Waals surface area contributed by atoms with Gasteiger partial charge in [0.1, 0.15) is 6.04 Å². The molecule has 0 aliphatic heterocycles. The third kappa shape index (κ3) is 5.21. The van der Waals surface area contributed by atoms with Crippen LogP contribution in [0.3, 0.4) is 0 Å². The predicted octanol–water partition coefficient (Wildman–Crippen LogP) is 1.74. The lowest BCUT2D eigenvalue weighted by Crippen LogP contribution is -2.42. The number of nitriles is 1. The Kier molecular flexibility index (Phi) is 7.45. The van der Waals surface area contributed by atoms with Crippen LogP contribution in [0.4, 0.5) is 0 Å². The highest BCUT2D eigenvalue weighted by atomic mass is 15.2. The van der Waals surface area contributed by atoms with Crippen molar-refractivity contribution in [2.75, 3.05) is 13.1 Å². The van der Waals surface area contributed by atoms with E-state index in [0.29, 0.717) is 12.6 Å². The van der Waals surface area contributed by atoms with E-state index in [1.165, 1.54) is 12.8 Å². The quantitative estimate of drug-likeness (QED) is 0.676. The van der Waals surface area contributed by atoms with Crippen molar-refractivity contribution in [1.82, 2.24) is 4.90 Å². The van der Waals surface area contributed by atoms with Crippen LogP contribution in [0.1, 0.15) is 40.0 Å². The molecule has 0 rings (SSSR count). The van der Waals surface area contributed by atoms with E-state index in [1.807, 2.05) is 0 Å². The summed E-state index contributed by atoms with van der Waals surface area (Å²) in [4.78, 5) is 2.32. The van der Waals surface area contributed by atoms with Crippen molar-refractivity contribution in [3.8, 4) is 6.07 Å². The van der Waals surface area contributed by atoms with Gasteiger partial charge in [-0.3, -0.25) is 4.90 Å². The Morgan fingerprint density at radius 3 is 2.50 bits per heavy atom. The molecule has 0 saturated carbocycles. The molecule has 0 aromatic carbocycles. The second-order valence-electron chi connectivity index (χ2n) is 3.84. The van der Waals surface area contributed by atoms with Gasteiger partial charge in [-0.15, -0.1) is 0 Å². The Labute approximate surface area is 87.9 Å². The first kappa shape index (κ1) is 13.4. The van der Waals surface area contributed by atoms with E-state index in [9.17, 15) is 0 Å². The minimum absolute atomic E-state index is 0.346. The van der Waals surface area contributed by atoms with E-state index in [-0.39, 0.29) is 6.04 Å². The summed E-state index contributed by atoms with van der Waals surface area (Å²) in [5.74, 6) is 0. The van der Waals surface area contributed by atoms with Crippen LogP contribution >= 0.6 is 0 Å². The molecule has 2 N–H and O–H groups in total. The number of nitrogens with two attached hydrogens (primary N) is 1. The molecule has 0 spiro atoms.